The predicted molar refractivity (Wildman–Crippen MR) is 132 cm³/mol. The monoisotopic (exact) mass is 456 g/mol. The Bertz CT molecular complexity index is 1180. The van der Waals surface area contributed by atoms with Gasteiger partial charge in [-0.2, -0.15) is 0 Å². The lowest BCUT2D eigenvalue weighted by Crippen LogP contribution is -1.71. The normalized spacial score (nSPS) is 9.65. The average molecular weight is 457 g/mol. The molecule has 6 aromatic rings. The zero-order valence-corrected chi connectivity index (χ0v) is 18.1. The number of nitrogens with one attached hydrogen (secondary N) is 2. The Balaban J connectivity index is 0.000000137. The topological polar surface area (TPSA) is 138 Å². The number of rotatable bonds is 0. The number of phenols is 4. The van der Waals surface area contributed by atoms with Crippen molar-refractivity contribution in [3.05, 3.63) is 110 Å². The van der Waals surface area contributed by atoms with Crippen LogP contribution in [0.25, 0.3) is 21.5 Å². The highest BCUT2D eigenvalue weighted by Crippen LogP contribution is 2.24. The Labute approximate surface area is 195 Å². The van der Waals surface area contributed by atoms with Crippen molar-refractivity contribution in [2.75, 3.05) is 0 Å². The molecule has 0 aliphatic rings. The summed E-state index contributed by atoms with van der Waals surface area (Å²) < 4.78 is 0. The first kappa shape index (κ1) is 23.7. The molecule has 2 heterocycles. The molecule has 6 N–H and O–H groups in total. The van der Waals surface area contributed by atoms with E-state index < -0.39 is 0 Å². The fourth-order valence-corrected chi connectivity index (χ4v) is 2.87. The minimum atomic E-state index is 0.216. The molecule has 0 fully saturated rings. The molecule has 8 nitrogen and oxygen atoms in total. The van der Waals surface area contributed by atoms with Crippen LogP contribution in [0.2, 0.25) is 0 Å². The summed E-state index contributed by atoms with van der Waals surface area (Å²) in [5.74, 6) is 0.863. The number of nitrogens with zero attached hydrogens (tertiary/aromatic N) is 2. The first-order valence-corrected chi connectivity index (χ1v) is 10.2. The number of H-pyrrole nitrogens is 2. The van der Waals surface area contributed by atoms with Crippen LogP contribution in [-0.4, -0.2) is 40.4 Å². The van der Waals surface area contributed by atoms with Crippen LogP contribution < -0.4 is 0 Å². The largest absolute Gasteiger partial charge is 0.508 e. The summed E-state index contributed by atoms with van der Waals surface area (Å²) >= 11 is 0. The molecule has 0 radical (unpaired) electrons. The van der Waals surface area contributed by atoms with Gasteiger partial charge in [-0.1, -0.05) is 24.3 Å². The lowest BCUT2D eigenvalue weighted by Gasteiger charge is -1.98. The summed E-state index contributed by atoms with van der Waals surface area (Å²) in [6.45, 7) is 0. The zero-order valence-electron chi connectivity index (χ0n) is 18.1. The van der Waals surface area contributed by atoms with E-state index in [1.807, 2.05) is 24.3 Å². The third kappa shape index (κ3) is 7.61. The minimum absolute atomic E-state index is 0.216. The highest BCUT2D eigenvalue weighted by atomic mass is 16.3. The summed E-state index contributed by atoms with van der Waals surface area (Å²) in [7, 11) is 0. The Morgan fingerprint density at radius 3 is 0.971 bits per heavy atom. The maximum Gasteiger partial charge on any atom is 0.116 e. The van der Waals surface area contributed by atoms with Gasteiger partial charge in [-0.3, -0.25) is 0 Å². The van der Waals surface area contributed by atoms with E-state index in [0.717, 1.165) is 21.5 Å². The first-order valence-electron chi connectivity index (χ1n) is 10.2. The summed E-state index contributed by atoms with van der Waals surface area (Å²) in [6, 6.07) is 20.2. The smallest absolute Gasteiger partial charge is 0.116 e. The molecular formula is C26H24N4O4. The lowest BCUT2D eigenvalue weighted by molar-refractivity contribution is 0.473. The third-order valence-electron chi connectivity index (χ3n) is 4.43. The van der Waals surface area contributed by atoms with Crippen LogP contribution in [0.1, 0.15) is 0 Å². The van der Waals surface area contributed by atoms with Gasteiger partial charge in [0.15, 0.2) is 0 Å². The lowest BCUT2D eigenvalue weighted by atomic mass is 10.1. The van der Waals surface area contributed by atoms with Crippen molar-refractivity contribution in [3.63, 3.8) is 0 Å². The predicted octanol–water partition coefficient (Wildman–Crippen LogP) is 5.32. The molecule has 8 heteroatoms. The van der Waals surface area contributed by atoms with Gasteiger partial charge in [0.2, 0.25) is 0 Å². The van der Waals surface area contributed by atoms with E-state index in [-0.39, 0.29) is 23.0 Å². The molecule has 0 atom stereocenters. The number of hydrogen-bond acceptors (Lipinski definition) is 6. The van der Waals surface area contributed by atoms with Gasteiger partial charge in [0, 0.05) is 24.8 Å². The van der Waals surface area contributed by atoms with Crippen molar-refractivity contribution in [2.24, 2.45) is 0 Å². The Hall–Kier alpha value is -4.98. The van der Waals surface area contributed by atoms with Gasteiger partial charge in [0.25, 0.3) is 0 Å². The number of phenolic OH excluding ortho intramolecular Hbond substituents is 4. The highest BCUT2D eigenvalue weighted by Gasteiger charge is 1.96. The molecule has 34 heavy (non-hydrogen) atoms. The number of hydrogen-bond donors (Lipinski definition) is 6. The summed E-state index contributed by atoms with van der Waals surface area (Å²) in [4.78, 5) is 12.8. The number of aromatic nitrogens is 4. The first-order chi connectivity index (χ1) is 16.5. The molecule has 0 bridgehead atoms. The second kappa shape index (κ2) is 12.2. The number of benzene rings is 4. The van der Waals surface area contributed by atoms with Crippen molar-refractivity contribution >= 4 is 21.5 Å². The molecule has 0 aliphatic heterocycles. The van der Waals surface area contributed by atoms with E-state index in [1.54, 1.807) is 86.0 Å². The molecule has 2 aromatic heterocycles. The molecule has 0 aliphatic carbocycles. The van der Waals surface area contributed by atoms with E-state index in [4.69, 9.17) is 20.4 Å². The standard InChI is InChI=1S/2C10H8O2.2C3H4N2/c2*11-9-3-1-7-2-4-10(12)6-8(7)5-9;2*1-2-5-3-4-1/h2*1-6,11-12H;2*1-3H,(H,4,5). The van der Waals surface area contributed by atoms with Crippen LogP contribution >= 0.6 is 0 Å². The summed E-state index contributed by atoms with van der Waals surface area (Å²) in [5.41, 5.74) is 0. The van der Waals surface area contributed by atoms with E-state index >= 15 is 0 Å². The van der Waals surface area contributed by atoms with Crippen LogP contribution in [0.3, 0.4) is 0 Å². The quantitative estimate of drug-likeness (QED) is 0.183. The van der Waals surface area contributed by atoms with Crippen LogP contribution in [-0.2, 0) is 0 Å². The second-order valence-electron chi connectivity index (χ2n) is 6.95. The van der Waals surface area contributed by atoms with Gasteiger partial charge in [-0.05, 0) is 70.1 Å². The number of aromatic hydroxyl groups is 4. The molecule has 0 saturated carbocycles. The maximum absolute atomic E-state index is 9.14. The SMILES string of the molecule is Oc1ccc2ccc(O)cc2c1.Oc1ccc2ccc(O)cc2c1.c1c[nH]cn1.c1c[nH]cn1. The molecule has 6 rings (SSSR count). The molecule has 0 spiro atoms. The molecule has 0 saturated heterocycles. The Morgan fingerprint density at radius 2 is 0.765 bits per heavy atom. The molecule has 0 amide bonds. The van der Waals surface area contributed by atoms with Crippen molar-refractivity contribution in [2.45, 2.75) is 0 Å². The zero-order chi connectivity index (χ0) is 24.2. The van der Waals surface area contributed by atoms with E-state index in [0.29, 0.717) is 0 Å². The summed E-state index contributed by atoms with van der Waals surface area (Å²) in [6.07, 6.45) is 10.2. The minimum Gasteiger partial charge on any atom is -0.508 e. The van der Waals surface area contributed by atoms with Crippen molar-refractivity contribution in [1.29, 1.82) is 0 Å². The fraction of sp³-hybridized carbons (Fsp3) is 0. The fourth-order valence-electron chi connectivity index (χ4n) is 2.87. The molecule has 0 unspecified atom stereocenters. The van der Waals surface area contributed by atoms with Crippen molar-refractivity contribution in [1.82, 2.24) is 19.9 Å². The van der Waals surface area contributed by atoms with Gasteiger partial charge in [-0.25, -0.2) is 9.97 Å². The molecule has 4 aromatic carbocycles. The van der Waals surface area contributed by atoms with Crippen LogP contribution in [0, 0.1) is 0 Å². The maximum atomic E-state index is 9.14. The van der Waals surface area contributed by atoms with Gasteiger partial charge < -0.3 is 30.4 Å². The number of fused-ring (bicyclic) bond motifs is 2. The van der Waals surface area contributed by atoms with E-state index in [9.17, 15) is 0 Å². The number of imidazole rings is 2. The van der Waals surface area contributed by atoms with Crippen LogP contribution in [0.4, 0.5) is 0 Å². The molecule has 172 valence electrons. The third-order valence-corrected chi connectivity index (χ3v) is 4.43. The van der Waals surface area contributed by atoms with Crippen LogP contribution in [0.15, 0.2) is 110 Å². The Morgan fingerprint density at radius 1 is 0.441 bits per heavy atom. The van der Waals surface area contributed by atoms with Crippen LogP contribution in [0.5, 0.6) is 23.0 Å². The van der Waals surface area contributed by atoms with E-state index in [1.165, 1.54) is 0 Å². The highest BCUT2D eigenvalue weighted by molar-refractivity contribution is 5.85. The van der Waals surface area contributed by atoms with Crippen molar-refractivity contribution in [3.8, 4) is 23.0 Å². The average Bonchev–Trinajstić information content (AvgIpc) is 3.58. The van der Waals surface area contributed by atoms with Gasteiger partial charge in [0.1, 0.15) is 23.0 Å². The second-order valence-corrected chi connectivity index (χ2v) is 6.95. The van der Waals surface area contributed by atoms with Gasteiger partial charge >= 0.3 is 0 Å². The van der Waals surface area contributed by atoms with E-state index in [2.05, 4.69) is 19.9 Å². The summed E-state index contributed by atoms with van der Waals surface area (Å²) in [5, 5.41) is 40.3. The molecular weight excluding hydrogens is 432 g/mol. The van der Waals surface area contributed by atoms with Gasteiger partial charge in [0.05, 0.1) is 12.7 Å². The Kier molecular flexibility index (Phi) is 8.47. The van der Waals surface area contributed by atoms with Gasteiger partial charge in [-0.15, -0.1) is 0 Å². The van der Waals surface area contributed by atoms with Crippen molar-refractivity contribution < 1.29 is 20.4 Å². The number of aromatic amines is 2.